The van der Waals surface area contributed by atoms with E-state index in [1.165, 1.54) is 0 Å². The van der Waals surface area contributed by atoms with Gasteiger partial charge < -0.3 is 9.88 Å². The minimum absolute atomic E-state index is 0.318. The van der Waals surface area contributed by atoms with Crippen LogP contribution in [-0.4, -0.2) is 21.8 Å². The Bertz CT molecular complexity index is 375. The summed E-state index contributed by atoms with van der Waals surface area (Å²) in [5.41, 5.74) is 0.637. The average molecular weight is 208 g/mol. The summed E-state index contributed by atoms with van der Waals surface area (Å²) in [6.07, 6.45) is 0. The third-order valence-electron chi connectivity index (χ3n) is 4.41. The molecule has 0 atom stereocenters. The molecule has 1 aromatic rings. The Morgan fingerprint density at radius 1 is 1.13 bits per heavy atom. The lowest BCUT2D eigenvalue weighted by molar-refractivity contribution is 0.457. The predicted molar refractivity (Wildman–Crippen MR) is 60.9 cm³/mol. The number of hydrogen-bond donors (Lipinski definition) is 1. The van der Waals surface area contributed by atoms with Gasteiger partial charge in [-0.1, -0.05) is 27.7 Å². The minimum atomic E-state index is 0.318. The first kappa shape index (κ1) is 10.5. The summed E-state index contributed by atoms with van der Waals surface area (Å²) >= 11 is 0. The van der Waals surface area contributed by atoms with Crippen molar-refractivity contribution in [2.24, 2.45) is 17.9 Å². The topological polar surface area (TPSA) is 42.7 Å². The van der Waals surface area contributed by atoms with E-state index in [2.05, 4.69) is 47.8 Å². The highest BCUT2D eigenvalue weighted by Crippen LogP contribution is 2.73. The van der Waals surface area contributed by atoms with Gasteiger partial charge in [0.1, 0.15) is 5.82 Å². The van der Waals surface area contributed by atoms with Crippen LogP contribution in [0.2, 0.25) is 0 Å². The molecule has 0 unspecified atom stereocenters. The lowest BCUT2D eigenvalue weighted by atomic mass is 10.0. The van der Waals surface area contributed by atoms with Gasteiger partial charge in [-0.25, -0.2) is 0 Å². The van der Waals surface area contributed by atoms with Crippen molar-refractivity contribution in [2.75, 3.05) is 12.4 Å². The molecule has 1 aliphatic rings. The summed E-state index contributed by atoms with van der Waals surface area (Å²) in [4.78, 5) is 0. The van der Waals surface area contributed by atoms with Crippen molar-refractivity contribution in [3.05, 3.63) is 5.82 Å². The number of hydrogen-bond acceptors (Lipinski definition) is 3. The standard InChI is InChI=1S/C11H20N4/c1-10(2)7(11(10,3)4)8-13-14-9(12-5)15(8)6/h7H,1-6H3,(H,12,14). The van der Waals surface area contributed by atoms with E-state index in [0.29, 0.717) is 16.7 Å². The van der Waals surface area contributed by atoms with Crippen molar-refractivity contribution < 1.29 is 0 Å². The van der Waals surface area contributed by atoms with E-state index in [9.17, 15) is 0 Å². The first-order chi connectivity index (χ1) is 6.84. The molecule has 1 aromatic heterocycles. The first-order valence-corrected chi connectivity index (χ1v) is 5.41. The van der Waals surface area contributed by atoms with Gasteiger partial charge in [0, 0.05) is 20.0 Å². The third kappa shape index (κ3) is 1.13. The lowest BCUT2D eigenvalue weighted by Gasteiger charge is -2.03. The van der Waals surface area contributed by atoms with E-state index < -0.39 is 0 Å². The molecule has 4 heteroatoms. The van der Waals surface area contributed by atoms with E-state index in [4.69, 9.17) is 0 Å². The van der Waals surface area contributed by atoms with Crippen LogP contribution in [0, 0.1) is 10.8 Å². The van der Waals surface area contributed by atoms with Crippen molar-refractivity contribution >= 4 is 5.95 Å². The molecule has 1 saturated carbocycles. The zero-order valence-electron chi connectivity index (χ0n) is 10.4. The lowest BCUT2D eigenvalue weighted by Crippen LogP contribution is -2.03. The van der Waals surface area contributed by atoms with Crippen molar-refractivity contribution in [2.45, 2.75) is 33.6 Å². The van der Waals surface area contributed by atoms with Gasteiger partial charge in [0.15, 0.2) is 0 Å². The predicted octanol–water partition coefficient (Wildman–Crippen LogP) is 2.01. The fraction of sp³-hybridized carbons (Fsp3) is 0.818. The van der Waals surface area contributed by atoms with Gasteiger partial charge in [0.2, 0.25) is 5.95 Å². The van der Waals surface area contributed by atoms with Crippen LogP contribution in [0.25, 0.3) is 0 Å². The second-order valence-electron chi connectivity index (χ2n) is 5.57. The highest BCUT2D eigenvalue weighted by atomic mass is 15.3. The molecule has 0 aromatic carbocycles. The Balaban J connectivity index is 2.38. The fourth-order valence-corrected chi connectivity index (χ4v) is 2.65. The molecule has 15 heavy (non-hydrogen) atoms. The molecule has 0 spiro atoms. The molecule has 0 bridgehead atoms. The molecule has 2 rings (SSSR count). The van der Waals surface area contributed by atoms with Crippen LogP contribution < -0.4 is 5.32 Å². The molecule has 84 valence electrons. The van der Waals surface area contributed by atoms with Crippen LogP contribution >= 0.6 is 0 Å². The van der Waals surface area contributed by atoms with Gasteiger partial charge in [-0.2, -0.15) is 0 Å². The van der Waals surface area contributed by atoms with E-state index in [-0.39, 0.29) is 0 Å². The third-order valence-corrected chi connectivity index (χ3v) is 4.41. The number of aromatic nitrogens is 3. The number of nitrogens with one attached hydrogen (secondary N) is 1. The normalized spacial score (nSPS) is 22.8. The molecule has 0 radical (unpaired) electrons. The van der Waals surface area contributed by atoms with Crippen LogP contribution in [0.3, 0.4) is 0 Å². The Labute approximate surface area is 91.1 Å². The molecule has 1 heterocycles. The van der Waals surface area contributed by atoms with E-state index in [0.717, 1.165) is 11.8 Å². The highest BCUT2D eigenvalue weighted by Gasteiger charge is 2.67. The van der Waals surface area contributed by atoms with Crippen LogP contribution in [-0.2, 0) is 7.05 Å². The van der Waals surface area contributed by atoms with Crippen molar-refractivity contribution in [3.8, 4) is 0 Å². The van der Waals surface area contributed by atoms with Crippen LogP contribution in [0.5, 0.6) is 0 Å². The molecular formula is C11H20N4. The Kier molecular flexibility index (Phi) is 1.91. The number of nitrogens with zero attached hydrogens (tertiary/aromatic N) is 3. The zero-order chi connectivity index (χ0) is 11.4. The molecular weight excluding hydrogens is 188 g/mol. The maximum absolute atomic E-state index is 4.29. The van der Waals surface area contributed by atoms with Gasteiger partial charge in [0.25, 0.3) is 0 Å². The van der Waals surface area contributed by atoms with E-state index >= 15 is 0 Å². The average Bonchev–Trinajstić information content (AvgIpc) is 2.45. The van der Waals surface area contributed by atoms with Crippen molar-refractivity contribution in [1.82, 2.24) is 14.8 Å². The maximum atomic E-state index is 4.29. The molecule has 1 N–H and O–H groups in total. The maximum Gasteiger partial charge on any atom is 0.224 e. The molecule has 0 saturated heterocycles. The van der Waals surface area contributed by atoms with Gasteiger partial charge >= 0.3 is 0 Å². The number of anilines is 1. The Morgan fingerprint density at radius 3 is 2.00 bits per heavy atom. The summed E-state index contributed by atoms with van der Waals surface area (Å²) in [5.74, 6) is 2.43. The Hall–Kier alpha value is -1.06. The van der Waals surface area contributed by atoms with E-state index in [1.807, 2.05) is 14.1 Å². The summed E-state index contributed by atoms with van der Waals surface area (Å²) in [5, 5.41) is 11.5. The van der Waals surface area contributed by atoms with Crippen LogP contribution in [0.4, 0.5) is 5.95 Å². The molecule has 1 aliphatic carbocycles. The second kappa shape index (κ2) is 2.74. The Morgan fingerprint density at radius 2 is 1.67 bits per heavy atom. The second-order valence-corrected chi connectivity index (χ2v) is 5.57. The fourth-order valence-electron chi connectivity index (χ4n) is 2.65. The molecule has 4 nitrogen and oxygen atoms in total. The summed E-state index contributed by atoms with van der Waals surface area (Å²) in [6, 6.07) is 0. The van der Waals surface area contributed by atoms with Gasteiger partial charge in [-0.15, -0.1) is 10.2 Å². The largest absolute Gasteiger partial charge is 0.357 e. The summed E-state index contributed by atoms with van der Waals surface area (Å²) < 4.78 is 2.06. The molecule has 1 fully saturated rings. The zero-order valence-corrected chi connectivity index (χ0v) is 10.4. The molecule has 0 amide bonds. The highest BCUT2D eigenvalue weighted by molar-refractivity contribution is 5.32. The van der Waals surface area contributed by atoms with Crippen molar-refractivity contribution in [3.63, 3.8) is 0 Å². The monoisotopic (exact) mass is 208 g/mol. The SMILES string of the molecule is CNc1nnc(C2C(C)(C)C2(C)C)n1C. The van der Waals surface area contributed by atoms with Gasteiger partial charge in [-0.05, 0) is 10.8 Å². The smallest absolute Gasteiger partial charge is 0.224 e. The molecule has 0 aliphatic heterocycles. The van der Waals surface area contributed by atoms with Gasteiger partial charge in [0.05, 0.1) is 0 Å². The quantitative estimate of drug-likeness (QED) is 0.808. The minimum Gasteiger partial charge on any atom is -0.357 e. The number of rotatable bonds is 2. The summed E-state index contributed by atoms with van der Waals surface area (Å²) in [6.45, 7) is 9.19. The first-order valence-electron chi connectivity index (χ1n) is 5.41. The summed E-state index contributed by atoms with van der Waals surface area (Å²) in [7, 11) is 3.89. The van der Waals surface area contributed by atoms with Gasteiger partial charge in [-0.3, -0.25) is 0 Å². The van der Waals surface area contributed by atoms with Crippen molar-refractivity contribution in [1.29, 1.82) is 0 Å². The van der Waals surface area contributed by atoms with Crippen LogP contribution in [0.15, 0.2) is 0 Å². The van der Waals surface area contributed by atoms with E-state index in [1.54, 1.807) is 0 Å². The van der Waals surface area contributed by atoms with Crippen LogP contribution in [0.1, 0.15) is 39.4 Å².